The highest BCUT2D eigenvalue weighted by Gasteiger charge is 2.10. The Morgan fingerprint density at radius 1 is 1.07 bits per heavy atom. The molecule has 15 heavy (non-hydrogen) atoms. The van der Waals surface area contributed by atoms with Gasteiger partial charge in [0.05, 0.1) is 0 Å². The number of benzene rings is 1. The van der Waals surface area contributed by atoms with Gasteiger partial charge in [-0.25, -0.2) is 0 Å². The second-order valence-corrected chi connectivity index (χ2v) is 4.68. The lowest BCUT2D eigenvalue weighted by Crippen LogP contribution is -2.42. The Labute approximate surface area is 100 Å². The van der Waals surface area contributed by atoms with Crippen molar-refractivity contribution in [3.05, 3.63) is 33.8 Å². The zero-order valence-corrected chi connectivity index (χ0v) is 9.98. The number of piperazine rings is 1. The third kappa shape index (κ3) is 3.35. The maximum Gasteiger partial charge on any atom is 0.0424 e. The fourth-order valence-electron chi connectivity index (χ4n) is 1.83. The summed E-state index contributed by atoms with van der Waals surface area (Å²) in [7, 11) is 0. The number of halogens is 2. The molecule has 0 atom stereocenters. The minimum absolute atomic E-state index is 0.715. The fourth-order valence-corrected chi connectivity index (χ4v) is 2.40. The molecule has 0 unspecified atom stereocenters. The molecular formula is C11H14Cl2N2. The SMILES string of the molecule is Clc1cc(Cl)cc(CN2CCNCC2)c1. The van der Waals surface area contributed by atoms with E-state index in [2.05, 4.69) is 10.2 Å². The summed E-state index contributed by atoms with van der Waals surface area (Å²) >= 11 is 11.9. The lowest BCUT2D eigenvalue weighted by Gasteiger charge is -2.27. The monoisotopic (exact) mass is 244 g/mol. The van der Waals surface area contributed by atoms with Crippen molar-refractivity contribution in [2.24, 2.45) is 0 Å². The van der Waals surface area contributed by atoms with E-state index < -0.39 is 0 Å². The second kappa shape index (κ2) is 5.17. The molecule has 1 heterocycles. The molecule has 82 valence electrons. The first-order valence-corrected chi connectivity index (χ1v) is 5.88. The van der Waals surface area contributed by atoms with E-state index in [1.807, 2.05) is 12.1 Å². The molecule has 1 aliphatic heterocycles. The summed E-state index contributed by atoms with van der Waals surface area (Å²) in [5, 5.41) is 4.76. The topological polar surface area (TPSA) is 15.3 Å². The van der Waals surface area contributed by atoms with Gasteiger partial charge in [-0.15, -0.1) is 0 Å². The van der Waals surface area contributed by atoms with Gasteiger partial charge in [-0.3, -0.25) is 4.90 Å². The van der Waals surface area contributed by atoms with Crippen LogP contribution in [0.25, 0.3) is 0 Å². The lowest BCUT2D eigenvalue weighted by atomic mass is 10.2. The van der Waals surface area contributed by atoms with E-state index in [4.69, 9.17) is 23.2 Å². The van der Waals surface area contributed by atoms with Crippen LogP contribution in [0.4, 0.5) is 0 Å². The number of rotatable bonds is 2. The summed E-state index contributed by atoms with van der Waals surface area (Å²) in [6.07, 6.45) is 0. The second-order valence-electron chi connectivity index (χ2n) is 3.80. The molecule has 0 amide bonds. The number of hydrogen-bond donors (Lipinski definition) is 1. The highest BCUT2D eigenvalue weighted by Crippen LogP contribution is 2.20. The summed E-state index contributed by atoms with van der Waals surface area (Å²) < 4.78 is 0. The summed E-state index contributed by atoms with van der Waals surface area (Å²) in [5.41, 5.74) is 1.19. The zero-order valence-electron chi connectivity index (χ0n) is 8.47. The van der Waals surface area contributed by atoms with Gasteiger partial charge in [0.15, 0.2) is 0 Å². The van der Waals surface area contributed by atoms with Crippen LogP contribution in [0.5, 0.6) is 0 Å². The van der Waals surface area contributed by atoms with Gasteiger partial charge in [0.25, 0.3) is 0 Å². The van der Waals surface area contributed by atoms with Gasteiger partial charge in [0.1, 0.15) is 0 Å². The first-order chi connectivity index (χ1) is 7.24. The molecule has 1 fully saturated rings. The van der Waals surface area contributed by atoms with Gasteiger partial charge >= 0.3 is 0 Å². The highest BCUT2D eigenvalue weighted by molar-refractivity contribution is 6.34. The van der Waals surface area contributed by atoms with Gasteiger partial charge in [-0.1, -0.05) is 23.2 Å². The van der Waals surface area contributed by atoms with Crippen molar-refractivity contribution in [1.29, 1.82) is 0 Å². The molecule has 1 N–H and O–H groups in total. The molecular weight excluding hydrogens is 231 g/mol. The van der Waals surface area contributed by atoms with Crippen LogP contribution in [-0.4, -0.2) is 31.1 Å². The largest absolute Gasteiger partial charge is 0.314 e. The van der Waals surface area contributed by atoms with Crippen LogP contribution in [0, 0.1) is 0 Å². The van der Waals surface area contributed by atoms with Gasteiger partial charge in [-0.2, -0.15) is 0 Å². The Morgan fingerprint density at radius 2 is 1.67 bits per heavy atom. The smallest absolute Gasteiger partial charge is 0.0424 e. The van der Waals surface area contributed by atoms with Crippen LogP contribution < -0.4 is 5.32 Å². The molecule has 1 aromatic rings. The minimum Gasteiger partial charge on any atom is -0.314 e. The van der Waals surface area contributed by atoms with E-state index in [0.717, 1.165) is 32.7 Å². The molecule has 4 heteroatoms. The summed E-state index contributed by atoms with van der Waals surface area (Å²) in [6, 6.07) is 5.73. The van der Waals surface area contributed by atoms with Crippen molar-refractivity contribution < 1.29 is 0 Å². The Bertz CT molecular complexity index is 315. The predicted octanol–water partition coefficient (Wildman–Crippen LogP) is 2.40. The molecule has 0 bridgehead atoms. The van der Waals surface area contributed by atoms with Crippen molar-refractivity contribution in [2.45, 2.75) is 6.54 Å². The van der Waals surface area contributed by atoms with Gasteiger partial charge < -0.3 is 5.32 Å². The van der Waals surface area contributed by atoms with Crippen LogP contribution in [0.1, 0.15) is 5.56 Å². The minimum atomic E-state index is 0.715. The maximum atomic E-state index is 5.95. The standard InChI is InChI=1S/C11H14Cl2N2/c12-10-5-9(6-11(13)7-10)8-15-3-1-14-2-4-15/h5-7,14H,1-4,8H2. The molecule has 1 saturated heterocycles. The van der Waals surface area contributed by atoms with E-state index in [1.54, 1.807) is 6.07 Å². The number of nitrogens with zero attached hydrogens (tertiary/aromatic N) is 1. The van der Waals surface area contributed by atoms with Crippen molar-refractivity contribution in [1.82, 2.24) is 10.2 Å². The van der Waals surface area contributed by atoms with E-state index in [1.165, 1.54) is 5.56 Å². The Morgan fingerprint density at radius 3 is 2.27 bits per heavy atom. The molecule has 1 aromatic carbocycles. The summed E-state index contributed by atoms with van der Waals surface area (Å²) in [5.74, 6) is 0. The average molecular weight is 245 g/mol. The van der Waals surface area contributed by atoms with Gasteiger partial charge in [-0.05, 0) is 23.8 Å². The van der Waals surface area contributed by atoms with Crippen LogP contribution in [0.3, 0.4) is 0 Å². The number of hydrogen-bond acceptors (Lipinski definition) is 2. The first kappa shape index (κ1) is 11.2. The average Bonchev–Trinajstić information content (AvgIpc) is 2.17. The predicted molar refractivity (Wildman–Crippen MR) is 64.6 cm³/mol. The molecule has 0 spiro atoms. The maximum absolute atomic E-state index is 5.95. The normalized spacial score (nSPS) is 18.0. The van der Waals surface area contributed by atoms with Crippen molar-refractivity contribution in [3.63, 3.8) is 0 Å². The van der Waals surface area contributed by atoms with Crippen LogP contribution in [0.2, 0.25) is 10.0 Å². The molecule has 2 rings (SSSR count). The van der Waals surface area contributed by atoms with Crippen molar-refractivity contribution in [3.8, 4) is 0 Å². The zero-order chi connectivity index (χ0) is 10.7. The lowest BCUT2D eigenvalue weighted by molar-refractivity contribution is 0.233. The van der Waals surface area contributed by atoms with Crippen LogP contribution >= 0.6 is 23.2 Å². The third-order valence-electron chi connectivity index (χ3n) is 2.54. The quantitative estimate of drug-likeness (QED) is 0.860. The molecule has 2 nitrogen and oxygen atoms in total. The highest BCUT2D eigenvalue weighted by atomic mass is 35.5. The molecule has 0 aromatic heterocycles. The van der Waals surface area contributed by atoms with E-state index in [-0.39, 0.29) is 0 Å². The third-order valence-corrected chi connectivity index (χ3v) is 2.97. The molecule has 0 saturated carbocycles. The van der Waals surface area contributed by atoms with Crippen molar-refractivity contribution >= 4 is 23.2 Å². The van der Waals surface area contributed by atoms with Crippen LogP contribution in [-0.2, 0) is 6.54 Å². The Kier molecular flexibility index (Phi) is 3.87. The summed E-state index contributed by atoms with van der Waals surface area (Å²) in [6.45, 7) is 5.23. The molecule has 1 aliphatic rings. The Hall–Kier alpha value is -0.280. The van der Waals surface area contributed by atoms with E-state index >= 15 is 0 Å². The molecule has 0 aliphatic carbocycles. The van der Waals surface area contributed by atoms with Gasteiger partial charge in [0, 0.05) is 42.8 Å². The van der Waals surface area contributed by atoms with Gasteiger partial charge in [0.2, 0.25) is 0 Å². The Balaban J connectivity index is 2.02. The van der Waals surface area contributed by atoms with E-state index in [9.17, 15) is 0 Å². The summed E-state index contributed by atoms with van der Waals surface area (Å²) in [4.78, 5) is 2.40. The van der Waals surface area contributed by atoms with Crippen LogP contribution in [0.15, 0.2) is 18.2 Å². The fraction of sp³-hybridized carbons (Fsp3) is 0.455. The first-order valence-electron chi connectivity index (χ1n) is 5.12. The molecule has 0 radical (unpaired) electrons. The number of nitrogens with one attached hydrogen (secondary N) is 1. The van der Waals surface area contributed by atoms with E-state index in [0.29, 0.717) is 10.0 Å². The van der Waals surface area contributed by atoms with Crippen molar-refractivity contribution in [2.75, 3.05) is 26.2 Å².